The lowest BCUT2D eigenvalue weighted by atomic mass is 10.1. The largest absolute Gasteiger partial charge is 0.489 e. The molecule has 0 saturated heterocycles. The predicted octanol–water partition coefficient (Wildman–Crippen LogP) is 4.10. The highest BCUT2D eigenvalue weighted by Crippen LogP contribution is 2.16. The van der Waals surface area contributed by atoms with Crippen molar-refractivity contribution < 1.29 is 19.4 Å². The first-order valence-electron chi connectivity index (χ1n) is 9.15. The molecule has 0 bridgehead atoms. The molecule has 5 nitrogen and oxygen atoms in total. The maximum Gasteiger partial charge on any atom is 0.352 e. The molecule has 3 rings (SSSR count). The van der Waals surface area contributed by atoms with Gasteiger partial charge in [0.1, 0.15) is 18.1 Å². The molecule has 0 radical (unpaired) electrons. The lowest BCUT2D eigenvalue weighted by molar-refractivity contribution is -0.132. The Morgan fingerprint density at radius 2 is 1.73 bits per heavy atom. The number of rotatable bonds is 7. The predicted molar refractivity (Wildman–Crippen MR) is 115 cm³/mol. The van der Waals surface area contributed by atoms with Crippen molar-refractivity contribution in [3.63, 3.8) is 0 Å². The van der Waals surface area contributed by atoms with Crippen LogP contribution in [0.15, 0.2) is 84.6 Å². The maximum absolute atomic E-state index is 12.2. The summed E-state index contributed by atoms with van der Waals surface area (Å²) >= 11 is 0. The second kappa shape index (κ2) is 9.76. The van der Waals surface area contributed by atoms with E-state index in [9.17, 15) is 14.7 Å². The lowest BCUT2D eigenvalue weighted by Gasteiger charge is -2.08. The van der Waals surface area contributed by atoms with Gasteiger partial charge in [-0.3, -0.25) is 4.79 Å². The van der Waals surface area contributed by atoms with E-state index in [1.54, 1.807) is 54.6 Å². The minimum atomic E-state index is -1.23. The van der Waals surface area contributed by atoms with E-state index in [1.807, 2.05) is 24.3 Å². The number of carboxylic acid groups (broad SMARTS) is 1. The molecule has 0 aromatic heterocycles. The molecule has 0 atom stereocenters. The van der Waals surface area contributed by atoms with E-state index >= 15 is 0 Å². The molecule has 0 aliphatic rings. The number of benzene rings is 3. The van der Waals surface area contributed by atoms with Gasteiger partial charge in [0, 0.05) is 11.1 Å². The first kappa shape index (κ1) is 20.4. The molecule has 148 valence electrons. The van der Waals surface area contributed by atoms with Crippen molar-refractivity contribution in [2.24, 2.45) is 0 Å². The number of terminal acetylenes is 1. The molecule has 5 heteroatoms. The quantitative estimate of drug-likeness (QED) is 0.465. The Balaban J connectivity index is 1.67. The van der Waals surface area contributed by atoms with E-state index < -0.39 is 11.9 Å². The van der Waals surface area contributed by atoms with Gasteiger partial charge in [-0.15, -0.1) is 6.42 Å². The van der Waals surface area contributed by atoms with E-state index in [0.717, 1.165) is 11.1 Å². The molecule has 30 heavy (non-hydrogen) atoms. The van der Waals surface area contributed by atoms with Gasteiger partial charge in [0.25, 0.3) is 5.91 Å². The van der Waals surface area contributed by atoms with Crippen LogP contribution in [0.1, 0.15) is 27.0 Å². The summed E-state index contributed by atoms with van der Waals surface area (Å²) in [5.74, 6) is 1.50. The first-order chi connectivity index (χ1) is 14.5. The molecule has 0 unspecified atom stereocenters. The monoisotopic (exact) mass is 397 g/mol. The molecule has 0 aliphatic carbocycles. The fraction of sp³-hybridized carbons (Fsp3) is 0.0400. The Labute approximate surface area is 174 Å². The Morgan fingerprint density at radius 3 is 2.40 bits per heavy atom. The number of hydrogen-bond acceptors (Lipinski definition) is 3. The number of ether oxygens (including phenoxy) is 1. The molecule has 1 amide bonds. The highest BCUT2D eigenvalue weighted by Gasteiger charge is 2.13. The minimum absolute atomic E-state index is 0.219. The molecule has 0 heterocycles. The van der Waals surface area contributed by atoms with E-state index in [-0.39, 0.29) is 5.70 Å². The van der Waals surface area contributed by atoms with Crippen LogP contribution in [-0.4, -0.2) is 17.0 Å². The van der Waals surface area contributed by atoms with Gasteiger partial charge in [-0.2, -0.15) is 0 Å². The van der Waals surface area contributed by atoms with Crippen molar-refractivity contribution in [1.82, 2.24) is 5.32 Å². The number of carbonyl (C=O) groups excluding carboxylic acids is 1. The summed E-state index contributed by atoms with van der Waals surface area (Å²) in [7, 11) is 0. The fourth-order valence-electron chi connectivity index (χ4n) is 2.68. The number of carboxylic acids is 1. The summed E-state index contributed by atoms with van der Waals surface area (Å²) < 4.78 is 5.75. The number of nitrogens with one attached hydrogen (secondary N) is 1. The summed E-state index contributed by atoms with van der Waals surface area (Å²) in [6, 6.07) is 22.8. The zero-order chi connectivity index (χ0) is 21.3. The summed E-state index contributed by atoms with van der Waals surface area (Å²) in [5, 5.41) is 11.8. The van der Waals surface area contributed by atoms with Crippen LogP contribution in [0.2, 0.25) is 0 Å². The summed E-state index contributed by atoms with van der Waals surface area (Å²) in [6.45, 7) is 0.359. The smallest absolute Gasteiger partial charge is 0.352 e. The Morgan fingerprint density at radius 1 is 1.00 bits per heavy atom. The van der Waals surface area contributed by atoms with Crippen LogP contribution in [-0.2, 0) is 11.4 Å². The molecular formula is C25H19NO4. The van der Waals surface area contributed by atoms with E-state index in [4.69, 9.17) is 11.2 Å². The van der Waals surface area contributed by atoms with E-state index in [1.165, 1.54) is 6.08 Å². The topological polar surface area (TPSA) is 75.6 Å². The lowest BCUT2D eigenvalue weighted by Crippen LogP contribution is -2.27. The molecule has 2 N–H and O–H groups in total. The SMILES string of the molecule is C#Cc1cccc(COc2ccc(C=C(NC(=O)c3ccccc3)C(=O)O)cc2)c1. The zero-order valence-electron chi connectivity index (χ0n) is 16.0. The van der Waals surface area contributed by atoms with Gasteiger partial charge >= 0.3 is 5.97 Å². The average molecular weight is 397 g/mol. The third-order valence-corrected chi connectivity index (χ3v) is 4.20. The van der Waals surface area contributed by atoms with Gasteiger partial charge in [-0.1, -0.05) is 48.4 Å². The molecule has 0 aliphatic heterocycles. The number of carbonyl (C=O) groups is 2. The van der Waals surface area contributed by atoms with Gasteiger partial charge in [0.15, 0.2) is 0 Å². The summed E-state index contributed by atoms with van der Waals surface area (Å²) in [4.78, 5) is 23.7. The van der Waals surface area contributed by atoms with Crippen LogP contribution < -0.4 is 10.1 Å². The molecule has 3 aromatic carbocycles. The summed E-state index contributed by atoms with van der Waals surface area (Å²) in [5.41, 5.74) is 2.51. The molecule has 0 fully saturated rings. The van der Waals surface area contributed by atoms with Crippen molar-refractivity contribution in [3.8, 4) is 18.1 Å². The second-order valence-corrected chi connectivity index (χ2v) is 6.39. The molecule has 0 spiro atoms. The first-order valence-corrected chi connectivity index (χ1v) is 9.15. The normalized spacial score (nSPS) is 10.7. The Hall–Kier alpha value is -4.30. The van der Waals surface area contributed by atoms with E-state index in [2.05, 4.69) is 11.2 Å². The van der Waals surface area contributed by atoms with Crippen LogP contribution in [0.5, 0.6) is 5.75 Å². The number of aliphatic carboxylic acids is 1. The highest BCUT2D eigenvalue weighted by atomic mass is 16.5. The van der Waals surface area contributed by atoms with Gasteiger partial charge in [-0.05, 0) is 53.6 Å². The van der Waals surface area contributed by atoms with Crippen LogP contribution in [0, 0.1) is 12.3 Å². The average Bonchev–Trinajstić information content (AvgIpc) is 2.78. The van der Waals surface area contributed by atoms with Gasteiger partial charge in [-0.25, -0.2) is 4.79 Å². The van der Waals surface area contributed by atoms with Crippen LogP contribution >= 0.6 is 0 Å². The van der Waals surface area contributed by atoms with Crippen LogP contribution in [0.25, 0.3) is 6.08 Å². The second-order valence-electron chi connectivity index (χ2n) is 6.39. The standard InChI is InChI=1S/C25H19NO4/c1-2-18-7-6-8-20(15-18)17-30-22-13-11-19(12-14-22)16-23(25(28)29)26-24(27)21-9-4-3-5-10-21/h1,3-16H,17H2,(H,26,27)(H,28,29). The third-order valence-electron chi connectivity index (χ3n) is 4.20. The summed E-state index contributed by atoms with van der Waals surface area (Å²) in [6.07, 6.45) is 6.79. The molecular weight excluding hydrogens is 378 g/mol. The van der Waals surface area contributed by atoms with Crippen molar-refractivity contribution in [3.05, 3.63) is 107 Å². The Bertz CT molecular complexity index is 1110. The zero-order valence-corrected chi connectivity index (χ0v) is 16.0. The number of hydrogen-bond donors (Lipinski definition) is 2. The Kier molecular flexibility index (Phi) is 6.65. The van der Waals surface area contributed by atoms with Crippen molar-refractivity contribution in [2.75, 3.05) is 0 Å². The van der Waals surface area contributed by atoms with Gasteiger partial charge < -0.3 is 15.2 Å². The third kappa shape index (κ3) is 5.60. The van der Waals surface area contributed by atoms with Crippen molar-refractivity contribution in [2.45, 2.75) is 6.61 Å². The molecule has 0 saturated carbocycles. The fourth-order valence-corrected chi connectivity index (χ4v) is 2.68. The maximum atomic E-state index is 12.2. The van der Waals surface area contributed by atoms with E-state index in [0.29, 0.717) is 23.5 Å². The van der Waals surface area contributed by atoms with Crippen molar-refractivity contribution in [1.29, 1.82) is 0 Å². The number of amides is 1. The molecule has 3 aromatic rings. The minimum Gasteiger partial charge on any atom is -0.489 e. The highest BCUT2D eigenvalue weighted by molar-refractivity contribution is 6.02. The van der Waals surface area contributed by atoms with Crippen LogP contribution in [0.3, 0.4) is 0 Å². The van der Waals surface area contributed by atoms with Gasteiger partial charge in [0.05, 0.1) is 0 Å². The van der Waals surface area contributed by atoms with Crippen LogP contribution in [0.4, 0.5) is 0 Å². The van der Waals surface area contributed by atoms with Crippen molar-refractivity contribution >= 4 is 18.0 Å². The van der Waals surface area contributed by atoms with Gasteiger partial charge in [0.2, 0.25) is 0 Å².